The van der Waals surface area contributed by atoms with Gasteiger partial charge in [0, 0.05) is 15.8 Å². The lowest BCUT2D eigenvalue weighted by Crippen LogP contribution is -2.10. The van der Waals surface area contributed by atoms with Crippen molar-refractivity contribution in [2.24, 2.45) is 0 Å². The summed E-state index contributed by atoms with van der Waals surface area (Å²) in [7, 11) is 0. The maximum absolute atomic E-state index is 12.0. The zero-order chi connectivity index (χ0) is 16.4. The Kier molecular flexibility index (Phi) is 4.84. The molecule has 0 saturated carbocycles. The number of furan rings is 1. The van der Waals surface area contributed by atoms with Crippen molar-refractivity contribution in [3.63, 3.8) is 0 Å². The van der Waals surface area contributed by atoms with Crippen molar-refractivity contribution in [3.8, 4) is 0 Å². The van der Waals surface area contributed by atoms with Gasteiger partial charge in [0.05, 0.1) is 17.0 Å². The summed E-state index contributed by atoms with van der Waals surface area (Å²) in [4.78, 5) is 17.5. The number of carbonyl (C=O) groups is 1. The Labute approximate surface area is 150 Å². The highest BCUT2D eigenvalue weighted by Gasteiger charge is 2.14. The van der Waals surface area contributed by atoms with Crippen LogP contribution in [-0.4, -0.2) is 10.9 Å². The topological polar surface area (TPSA) is 55.1 Å². The lowest BCUT2D eigenvalue weighted by atomic mass is 10.1. The Balaban J connectivity index is 1.75. The van der Waals surface area contributed by atoms with Crippen molar-refractivity contribution < 1.29 is 9.21 Å². The van der Waals surface area contributed by atoms with Crippen molar-refractivity contribution >= 4 is 49.9 Å². The summed E-state index contributed by atoms with van der Waals surface area (Å²) in [5.74, 6) is -0.0407. The van der Waals surface area contributed by atoms with Crippen LogP contribution >= 0.6 is 38.9 Å². The van der Waals surface area contributed by atoms with Gasteiger partial charge < -0.3 is 4.42 Å². The second-order valence-corrected chi connectivity index (χ2v) is 7.23. The van der Waals surface area contributed by atoms with Gasteiger partial charge in [0.25, 0.3) is 5.91 Å². The maximum atomic E-state index is 12.0. The smallest absolute Gasteiger partial charge is 0.293 e. The molecule has 0 unspecified atom stereocenters. The van der Waals surface area contributed by atoms with E-state index in [2.05, 4.69) is 26.2 Å². The van der Waals surface area contributed by atoms with Gasteiger partial charge in [0.2, 0.25) is 0 Å². The third kappa shape index (κ3) is 3.83. The molecule has 0 aliphatic rings. The summed E-state index contributed by atoms with van der Waals surface area (Å²) in [6, 6.07) is 9.14. The average molecular weight is 412 g/mol. The van der Waals surface area contributed by atoms with Crippen LogP contribution in [0, 0.1) is 6.92 Å². The molecule has 1 N–H and O–H groups in total. The first kappa shape index (κ1) is 16.2. The molecule has 0 atom stereocenters. The molecule has 0 bridgehead atoms. The summed E-state index contributed by atoms with van der Waals surface area (Å²) in [6.07, 6.45) is 2.18. The van der Waals surface area contributed by atoms with Crippen molar-refractivity contribution in [3.05, 3.63) is 68.0 Å². The minimum absolute atomic E-state index is 0.263. The Morgan fingerprint density at radius 2 is 2.26 bits per heavy atom. The van der Waals surface area contributed by atoms with Gasteiger partial charge in [-0.25, -0.2) is 4.98 Å². The van der Waals surface area contributed by atoms with E-state index in [1.54, 1.807) is 12.1 Å². The molecule has 2 heterocycles. The Morgan fingerprint density at radius 3 is 2.96 bits per heavy atom. The van der Waals surface area contributed by atoms with Crippen molar-refractivity contribution in [2.45, 2.75) is 13.3 Å². The summed E-state index contributed by atoms with van der Waals surface area (Å²) in [6.45, 7) is 1.93. The quantitative estimate of drug-likeness (QED) is 0.633. The fourth-order valence-corrected chi connectivity index (χ4v) is 3.49. The molecule has 7 heteroatoms. The van der Waals surface area contributed by atoms with Gasteiger partial charge in [-0.2, -0.15) is 0 Å². The molecule has 0 spiro atoms. The van der Waals surface area contributed by atoms with Crippen LogP contribution in [0.4, 0.5) is 5.13 Å². The van der Waals surface area contributed by atoms with Gasteiger partial charge in [0.1, 0.15) is 0 Å². The molecule has 0 aliphatic heterocycles. The number of hydrogen-bond acceptors (Lipinski definition) is 4. The molecule has 3 rings (SSSR count). The molecule has 0 radical (unpaired) electrons. The molecule has 0 fully saturated rings. The standard InChI is InChI=1S/C16H12BrClN2O2S/c1-9-14(8-10-4-5-11(17)12(18)7-10)23-16(19-9)20-15(21)13-3-2-6-22-13/h2-7H,8H2,1H3,(H,19,20,21). The van der Waals surface area contributed by atoms with E-state index < -0.39 is 0 Å². The molecular weight excluding hydrogens is 400 g/mol. The SMILES string of the molecule is Cc1nc(NC(=O)c2ccco2)sc1Cc1ccc(Br)c(Cl)c1. The second-order valence-electron chi connectivity index (χ2n) is 4.88. The number of thiazole rings is 1. The molecule has 1 amide bonds. The first-order chi connectivity index (χ1) is 11.0. The molecular formula is C16H12BrClN2O2S. The van der Waals surface area contributed by atoms with Crippen molar-refractivity contribution in [2.75, 3.05) is 5.32 Å². The number of nitrogens with one attached hydrogen (secondary N) is 1. The molecule has 118 valence electrons. The van der Waals surface area contributed by atoms with Crippen LogP contribution in [0.15, 0.2) is 45.5 Å². The predicted molar refractivity (Wildman–Crippen MR) is 95.5 cm³/mol. The van der Waals surface area contributed by atoms with Crippen LogP contribution in [0.25, 0.3) is 0 Å². The Morgan fingerprint density at radius 1 is 1.43 bits per heavy atom. The number of benzene rings is 1. The fraction of sp³-hybridized carbons (Fsp3) is 0.125. The monoisotopic (exact) mass is 410 g/mol. The molecule has 2 aromatic heterocycles. The third-order valence-corrected chi connectivity index (χ3v) is 5.51. The van der Waals surface area contributed by atoms with Crippen LogP contribution in [0.3, 0.4) is 0 Å². The van der Waals surface area contributed by atoms with Gasteiger partial charge in [-0.1, -0.05) is 17.7 Å². The van der Waals surface area contributed by atoms with E-state index in [0.29, 0.717) is 16.6 Å². The van der Waals surface area contributed by atoms with Crippen LogP contribution < -0.4 is 5.32 Å². The zero-order valence-electron chi connectivity index (χ0n) is 12.1. The molecule has 0 aliphatic carbocycles. The van der Waals surface area contributed by atoms with Crippen LogP contribution in [0.5, 0.6) is 0 Å². The van der Waals surface area contributed by atoms with E-state index in [1.807, 2.05) is 25.1 Å². The average Bonchev–Trinajstić information content (AvgIpc) is 3.14. The zero-order valence-corrected chi connectivity index (χ0v) is 15.3. The number of hydrogen-bond donors (Lipinski definition) is 1. The Bertz CT molecular complexity index is 846. The highest BCUT2D eigenvalue weighted by atomic mass is 79.9. The van der Waals surface area contributed by atoms with Gasteiger partial charge in [-0.15, -0.1) is 11.3 Å². The number of amides is 1. The molecule has 23 heavy (non-hydrogen) atoms. The van der Waals surface area contributed by atoms with Crippen LogP contribution in [0.1, 0.15) is 26.7 Å². The highest BCUT2D eigenvalue weighted by Crippen LogP contribution is 2.28. The minimum Gasteiger partial charge on any atom is -0.459 e. The number of anilines is 1. The lowest BCUT2D eigenvalue weighted by molar-refractivity contribution is 0.0996. The molecule has 4 nitrogen and oxygen atoms in total. The molecule has 3 aromatic rings. The predicted octanol–water partition coefficient (Wildman–Crippen LogP) is 5.30. The normalized spacial score (nSPS) is 10.7. The van der Waals surface area contributed by atoms with Crippen molar-refractivity contribution in [1.29, 1.82) is 0 Å². The number of aryl methyl sites for hydroxylation is 1. The van der Waals surface area contributed by atoms with Crippen LogP contribution in [0.2, 0.25) is 5.02 Å². The highest BCUT2D eigenvalue weighted by molar-refractivity contribution is 9.10. The fourth-order valence-electron chi connectivity index (χ4n) is 2.05. The Hall–Kier alpha value is -1.63. The lowest BCUT2D eigenvalue weighted by Gasteiger charge is -2.02. The van der Waals surface area contributed by atoms with Crippen molar-refractivity contribution in [1.82, 2.24) is 4.98 Å². The molecule has 1 aromatic carbocycles. The molecule has 0 saturated heterocycles. The third-order valence-electron chi connectivity index (χ3n) is 3.21. The number of halogens is 2. The van der Waals surface area contributed by atoms with E-state index in [-0.39, 0.29) is 11.7 Å². The van der Waals surface area contributed by atoms with E-state index in [1.165, 1.54) is 17.6 Å². The second kappa shape index (κ2) is 6.86. The maximum Gasteiger partial charge on any atom is 0.293 e. The number of carbonyl (C=O) groups excluding carboxylic acids is 1. The number of aromatic nitrogens is 1. The summed E-state index contributed by atoms with van der Waals surface area (Å²) in [5, 5.41) is 3.99. The van der Waals surface area contributed by atoms with E-state index >= 15 is 0 Å². The van der Waals surface area contributed by atoms with E-state index in [9.17, 15) is 4.79 Å². The minimum atomic E-state index is -0.304. The van der Waals surface area contributed by atoms with E-state index in [4.69, 9.17) is 16.0 Å². The first-order valence-corrected chi connectivity index (χ1v) is 8.77. The largest absolute Gasteiger partial charge is 0.459 e. The van der Waals surface area contributed by atoms with E-state index in [0.717, 1.165) is 20.6 Å². The van der Waals surface area contributed by atoms with Gasteiger partial charge in [-0.3, -0.25) is 10.1 Å². The number of nitrogens with zero attached hydrogens (tertiary/aromatic N) is 1. The number of rotatable bonds is 4. The summed E-state index contributed by atoms with van der Waals surface area (Å²) >= 11 is 11.0. The van der Waals surface area contributed by atoms with Gasteiger partial charge >= 0.3 is 0 Å². The van der Waals surface area contributed by atoms with Crippen LogP contribution in [-0.2, 0) is 6.42 Å². The summed E-state index contributed by atoms with van der Waals surface area (Å²) in [5.41, 5.74) is 1.98. The van der Waals surface area contributed by atoms with Gasteiger partial charge in [0.15, 0.2) is 10.9 Å². The first-order valence-electron chi connectivity index (χ1n) is 6.78. The summed E-state index contributed by atoms with van der Waals surface area (Å²) < 4.78 is 5.94. The van der Waals surface area contributed by atoms with Gasteiger partial charge in [-0.05, 0) is 52.7 Å².